The highest BCUT2D eigenvalue weighted by Crippen LogP contribution is 2.23. The van der Waals surface area contributed by atoms with Gasteiger partial charge in [-0.25, -0.2) is 8.78 Å². The van der Waals surface area contributed by atoms with Gasteiger partial charge in [0.05, 0.1) is 0 Å². The van der Waals surface area contributed by atoms with Crippen molar-refractivity contribution in [1.82, 2.24) is 0 Å². The van der Waals surface area contributed by atoms with Crippen molar-refractivity contribution in [3.63, 3.8) is 0 Å². The van der Waals surface area contributed by atoms with Crippen LogP contribution in [0.25, 0.3) is 0 Å². The predicted octanol–water partition coefficient (Wildman–Crippen LogP) is 3.94. The average Bonchev–Trinajstić information content (AvgIpc) is 2.15. The molecule has 1 nitrogen and oxygen atoms in total. The molecule has 2 aromatic carbocycles. The number of halogens is 2. The summed E-state index contributed by atoms with van der Waals surface area (Å²) in [6, 6.07) is 9.75. The van der Waals surface area contributed by atoms with E-state index in [1.165, 1.54) is 30.3 Å². The van der Waals surface area contributed by atoms with Gasteiger partial charge < -0.3 is 4.74 Å². The fourth-order valence-electron chi connectivity index (χ4n) is 1.35. The maximum absolute atomic E-state index is 13.0. The second-order valence-electron chi connectivity index (χ2n) is 3.35. The maximum Gasteiger partial charge on any atom is 0.130 e. The summed E-state index contributed by atoms with van der Waals surface area (Å²) >= 11 is 0. The lowest BCUT2D eigenvalue weighted by Crippen LogP contribution is -1.87. The van der Waals surface area contributed by atoms with Crippen LogP contribution in [-0.4, -0.2) is 0 Å². The van der Waals surface area contributed by atoms with Crippen LogP contribution in [0.5, 0.6) is 11.5 Å². The van der Waals surface area contributed by atoms with E-state index in [-0.39, 0.29) is 0 Å². The molecule has 1 radical (unpaired) electrons. The molecule has 0 N–H and O–H groups in total. The van der Waals surface area contributed by atoms with E-state index in [2.05, 4.69) is 6.92 Å². The molecule has 81 valence electrons. The molecule has 0 spiro atoms. The molecule has 0 fully saturated rings. The van der Waals surface area contributed by atoms with Crippen LogP contribution in [0.4, 0.5) is 8.78 Å². The van der Waals surface area contributed by atoms with Gasteiger partial charge in [0.2, 0.25) is 0 Å². The topological polar surface area (TPSA) is 9.23 Å². The number of hydrogen-bond donors (Lipinski definition) is 0. The Morgan fingerprint density at radius 3 is 2.31 bits per heavy atom. The van der Waals surface area contributed by atoms with Crippen LogP contribution in [0, 0.1) is 18.6 Å². The Morgan fingerprint density at radius 1 is 0.875 bits per heavy atom. The third-order valence-electron chi connectivity index (χ3n) is 1.96. The molecule has 3 heteroatoms. The standard InChI is InChI=1S/C13H9F2O/c1-9-5-11(15)8-13(6-9)16-12-4-2-3-10(14)7-12/h2-8H,1H2. The van der Waals surface area contributed by atoms with Gasteiger partial charge in [0.25, 0.3) is 0 Å². The van der Waals surface area contributed by atoms with Crippen LogP contribution in [-0.2, 0) is 0 Å². The molecular formula is C13H9F2O. The smallest absolute Gasteiger partial charge is 0.130 e. The Morgan fingerprint density at radius 2 is 1.62 bits per heavy atom. The Balaban J connectivity index is 2.27. The zero-order valence-electron chi connectivity index (χ0n) is 8.41. The van der Waals surface area contributed by atoms with Crippen LogP contribution >= 0.6 is 0 Å². The van der Waals surface area contributed by atoms with Gasteiger partial charge in [-0.15, -0.1) is 0 Å². The van der Waals surface area contributed by atoms with Crippen molar-refractivity contribution in [2.75, 3.05) is 0 Å². The van der Waals surface area contributed by atoms with Gasteiger partial charge in [0.1, 0.15) is 23.1 Å². The minimum absolute atomic E-state index is 0.301. The molecule has 0 aliphatic carbocycles. The fourth-order valence-corrected chi connectivity index (χ4v) is 1.35. The maximum atomic E-state index is 13.0. The lowest BCUT2D eigenvalue weighted by atomic mass is 10.2. The van der Waals surface area contributed by atoms with E-state index >= 15 is 0 Å². The first kappa shape index (κ1) is 10.6. The quantitative estimate of drug-likeness (QED) is 0.743. The van der Waals surface area contributed by atoms with E-state index < -0.39 is 11.6 Å². The molecule has 16 heavy (non-hydrogen) atoms. The van der Waals surface area contributed by atoms with E-state index in [9.17, 15) is 8.78 Å². The molecule has 0 saturated heterocycles. The summed E-state index contributed by atoms with van der Waals surface area (Å²) in [4.78, 5) is 0. The van der Waals surface area contributed by atoms with E-state index in [4.69, 9.17) is 4.74 Å². The van der Waals surface area contributed by atoms with Crippen LogP contribution in [0.1, 0.15) is 5.56 Å². The Bertz CT molecular complexity index is 489. The van der Waals surface area contributed by atoms with Gasteiger partial charge in [-0.05, 0) is 36.8 Å². The summed E-state index contributed by atoms with van der Waals surface area (Å²) < 4.78 is 31.2. The van der Waals surface area contributed by atoms with Crippen LogP contribution < -0.4 is 4.74 Å². The molecular weight excluding hydrogens is 210 g/mol. The van der Waals surface area contributed by atoms with Gasteiger partial charge in [-0.1, -0.05) is 6.07 Å². The van der Waals surface area contributed by atoms with Crippen molar-refractivity contribution in [3.05, 3.63) is 66.6 Å². The van der Waals surface area contributed by atoms with Gasteiger partial charge in [0.15, 0.2) is 0 Å². The fraction of sp³-hybridized carbons (Fsp3) is 0. The lowest BCUT2D eigenvalue weighted by molar-refractivity contribution is 0.471. The normalized spacial score (nSPS) is 10.2. The van der Waals surface area contributed by atoms with Crippen molar-refractivity contribution in [2.24, 2.45) is 0 Å². The molecule has 0 aromatic heterocycles. The number of rotatable bonds is 2. The highest BCUT2D eigenvalue weighted by Gasteiger charge is 2.01. The van der Waals surface area contributed by atoms with Crippen LogP contribution in [0.15, 0.2) is 42.5 Å². The molecule has 0 aliphatic heterocycles. The van der Waals surface area contributed by atoms with E-state index in [0.717, 1.165) is 0 Å². The average molecular weight is 219 g/mol. The first-order chi connectivity index (χ1) is 7.63. The largest absolute Gasteiger partial charge is 0.457 e. The summed E-state index contributed by atoms with van der Waals surface area (Å²) in [6.07, 6.45) is 0. The number of hydrogen-bond acceptors (Lipinski definition) is 1. The molecule has 0 saturated carbocycles. The summed E-state index contributed by atoms with van der Waals surface area (Å²) in [6.45, 7) is 3.61. The number of benzene rings is 2. The van der Waals surface area contributed by atoms with E-state index in [0.29, 0.717) is 17.1 Å². The summed E-state index contributed by atoms with van der Waals surface area (Å²) in [5.74, 6) is -0.205. The van der Waals surface area contributed by atoms with Gasteiger partial charge in [-0.2, -0.15) is 0 Å². The summed E-state index contributed by atoms with van der Waals surface area (Å²) in [5.41, 5.74) is 0.506. The van der Waals surface area contributed by atoms with Crippen LogP contribution in [0.3, 0.4) is 0 Å². The minimum atomic E-state index is -0.432. The lowest BCUT2D eigenvalue weighted by Gasteiger charge is -2.06. The van der Waals surface area contributed by atoms with Crippen LogP contribution in [0.2, 0.25) is 0 Å². The van der Waals surface area contributed by atoms with Crippen molar-refractivity contribution in [1.29, 1.82) is 0 Å². The number of ether oxygens (including phenoxy) is 1. The van der Waals surface area contributed by atoms with Gasteiger partial charge in [-0.3, -0.25) is 0 Å². The molecule has 0 bridgehead atoms. The van der Waals surface area contributed by atoms with E-state index in [1.54, 1.807) is 12.1 Å². The first-order valence-electron chi connectivity index (χ1n) is 4.69. The van der Waals surface area contributed by atoms with Crippen molar-refractivity contribution in [3.8, 4) is 11.5 Å². The van der Waals surface area contributed by atoms with Crippen molar-refractivity contribution in [2.45, 2.75) is 0 Å². The molecule has 0 aliphatic rings. The minimum Gasteiger partial charge on any atom is -0.457 e. The Kier molecular flexibility index (Phi) is 2.86. The molecule has 0 heterocycles. The SMILES string of the molecule is [CH2]c1cc(F)cc(Oc2cccc(F)c2)c1. The zero-order chi connectivity index (χ0) is 11.5. The molecule has 2 aromatic rings. The zero-order valence-corrected chi connectivity index (χ0v) is 8.41. The monoisotopic (exact) mass is 219 g/mol. The second-order valence-corrected chi connectivity index (χ2v) is 3.35. The highest BCUT2D eigenvalue weighted by atomic mass is 19.1. The Labute approximate surface area is 92.3 Å². The van der Waals surface area contributed by atoms with Crippen molar-refractivity contribution >= 4 is 0 Å². The van der Waals surface area contributed by atoms with E-state index in [1.807, 2.05) is 0 Å². The summed E-state index contributed by atoms with van der Waals surface area (Å²) in [7, 11) is 0. The highest BCUT2D eigenvalue weighted by molar-refractivity contribution is 5.35. The third-order valence-corrected chi connectivity index (χ3v) is 1.96. The molecule has 0 atom stereocenters. The molecule has 0 unspecified atom stereocenters. The summed E-state index contributed by atoms with van der Waals surface area (Å²) in [5, 5.41) is 0. The second kappa shape index (κ2) is 4.31. The predicted molar refractivity (Wildman–Crippen MR) is 57.3 cm³/mol. The molecule has 0 amide bonds. The van der Waals surface area contributed by atoms with Gasteiger partial charge >= 0.3 is 0 Å². The van der Waals surface area contributed by atoms with Gasteiger partial charge in [0, 0.05) is 12.1 Å². The third kappa shape index (κ3) is 2.57. The first-order valence-corrected chi connectivity index (χ1v) is 4.69. The molecule has 2 rings (SSSR count). The Hall–Kier alpha value is -1.90. The van der Waals surface area contributed by atoms with Crippen molar-refractivity contribution < 1.29 is 13.5 Å².